The maximum atomic E-state index is 11.0. The van der Waals surface area contributed by atoms with E-state index >= 15 is 0 Å². The number of allylic oxidation sites excluding steroid dienone is 4. The molecule has 0 spiro atoms. The Bertz CT molecular complexity index is 627. The molecule has 2 heteroatoms. The Morgan fingerprint density at radius 1 is 1.33 bits per heavy atom. The molecule has 0 aliphatic rings. The largest absolute Gasteiger partial charge is 0.298 e. The molecule has 0 bridgehead atoms. The molecule has 0 fully saturated rings. The van der Waals surface area contributed by atoms with Gasteiger partial charge in [-0.25, -0.2) is 0 Å². The molecule has 1 rings (SSSR count). The number of aldehydes is 1. The monoisotopic (exact) mass is 281 g/mol. The maximum Gasteiger partial charge on any atom is 0.145 e. The SMILES string of the molecule is CC(C)=CCC(C)(/C=C(\C)C=O)c1cc(C)ccc1C#N. The molecule has 1 aromatic rings. The molecule has 21 heavy (non-hydrogen) atoms. The zero-order valence-electron chi connectivity index (χ0n) is 13.5. The Balaban J connectivity index is 3.50. The van der Waals surface area contributed by atoms with Crippen LogP contribution in [-0.4, -0.2) is 6.29 Å². The van der Waals surface area contributed by atoms with Gasteiger partial charge in [0.05, 0.1) is 11.6 Å². The number of hydrogen-bond donors (Lipinski definition) is 0. The molecular formula is C19H23NO. The number of hydrogen-bond acceptors (Lipinski definition) is 2. The molecule has 0 amide bonds. The summed E-state index contributed by atoms with van der Waals surface area (Å²) in [5, 5.41) is 9.39. The van der Waals surface area contributed by atoms with Crippen LogP contribution in [0.5, 0.6) is 0 Å². The zero-order valence-corrected chi connectivity index (χ0v) is 13.5. The lowest BCUT2D eigenvalue weighted by Gasteiger charge is -2.28. The fourth-order valence-electron chi connectivity index (χ4n) is 2.43. The smallest absolute Gasteiger partial charge is 0.145 e. The van der Waals surface area contributed by atoms with Crippen LogP contribution in [0.1, 0.15) is 50.8 Å². The predicted molar refractivity (Wildman–Crippen MR) is 87.1 cm³/mol. The van der Waals surface area contributed by atoms with Crippen molar-refractivity contribution in [3.63, 3.8) is 0 Å². The molecule has 0 aliphatic carbocycles. The van der Waals surface area contributed by atoms with E-state index in [1.165, 1.54) is 5.57 Å². The highest BCUT2D eigenvalue weighted by atomic mass is 16.1. The van der Waals surface area contributed by atoms with Gasteiger partial charge in [-0.2, -0.15) is 5.26 Å². The van der Waals surface area contributed by atoms with E-state index in [1.807, 2.05) is 31.2 Å². The molecular weight excluding hydrogens is 258 g/mol. The molecule has 0 aliphatic heterocycles. The highest BCUT2D eigenvalue weighted by Gasteiger charge is 2.26. The van der Waals surface area contributed by atoms with Crippen LogP contribution < -0.4 is 0 Å². The van der Waals surface area contributed by atoms with Crippen molar-refractivity contribution < 1.29 is 4.79 Å². The van der Waals surface area contributed by atoms with Crippen LogP contribution in [0.3, 0.4) is 0 Å². The van der Waals surface area contributed by atoms with Gasteiger partial charge in [0, 0.05) is 5.41 Å². The van der Waals surface area contributed by atoms with Gasteiger partial charge in [0.2, 0.25) is 0 Å². The van der Waals surface area contributed by atoms with Gasteiger partial charge >= 0.3 is 0 Å². The minimum absolute atomic E-state index is 0.362. The molecule has 0 saturated heterocycles. The molecule has 1 atom stereocenters. The lowest BCUT2D eigenvalue weighted by atomic mass is 9.75. The van der Waals surface area contributed by atoms with Gasteiger partial charge in [0.25, 0.3) is 0 Å². The number of carbonyl (C=O) groups is 1. The van der Waals surface area contributed by atoms with Crippen LogP contribution in [0.15, 0.2) is 41.5 Å². The molecule has 0 aromatic heterocycles. The summed E-state index contributed by atoms with van der Waals surface area (Å²) >= 11 is 0. The molecule has 1 aromatic carbocycles. The van der Waals surface area contributed by atoms with Gasteiger partial charge in [-0.1, -0.05) is 42.3 Å². The first-order valence-electron chi connectivity index (χ1n) is 7.11. The molecule has 1 unspecified atom stereocenters. The van der Waals surface area contributed by atoms with Crippen molar-refractivity contribution in [1.82, 2.24) is 0 Å². The van der Waals surface area contributed by atoms with E-state index in [0.717, 1.165) is 23.8 Å². The molecule has 110 valence electrons. The number of carbonyl (C=O) groups excluding carboxylic acids is 1. The average molecular weight is 281 g/mol. The number of nitriles is 1. The third kappa shape index (κ3) is 4.43. The van der Waals surface area contributed by atoms with E-state index in [1.54, 1.807) is 6.92 Å². The fraction of sp³-hybridized carbons (Fsp3) is 0.368. The van der Waals surface area contributed by atoms with Gasteiger partial charge in [-0.3, -0.25) is 4.79 Å². The van der Waals surface area contributed by atoms with E-state index < -0.39 is 0 Å². The lowest BCUT2D eigenvalue weighted by Crippen LogP contribution is -2.21. The van der Waals surface area contributed by atoms with Crippen LogP contribution >= 0.6 is 0 Å². The summed E-state index contributed by atoms with van der Waals surface area (Å²) in [6.07, 6.45) is 5.74. The minimum Gasteiger partial charge on any atom is -0.298 e. The highest BCUT2D eigenvalue weighted by molar-refractivity contribution is 5.73. The predicted octanol–water partition coefficient (Wildman–Crippen LogP) is 4.63. The Morgan fingerprint density at radius 3 is 2.52 bits per heavy atom. The van der Waals surface area contributed by atoms with Crippen molar-refractivity contribution in [2.75, 3.05) is 0 Å². The second-order valence-corrected chi connectivity index (χ2v) is 6.07. The van der Waals surface area contributed by atoms with E-state index in [9.17, 15) is 10.1 Å². The number of aryl methyl sites for hydroxylation is 1. The van der Waals surface area contributed by atoms with Gasteiger partial charge in [-0.05, 0) is 51.3 Å². The normalized spacial score (nSPS) is 14.0. The Morgan fingerprint density at radius 2 is 2.00 bits per heavy atom. The summed E-state index contributed by atoms with van der Waals surface area (Å²) in [5.74, 6) is 0. The van der Waals surface area contributed by atoms with Crippen molar-refractivity contribution in [2.45, 2.75) is 46.5 Å². The number of benzene rings is 1. The van der Waals surface area contributed by atoms with Crippen LogP contribution in [0, 0.1) is 18.3 Å². The van der Waals surface area contributed by atoms with E-state index in [-0.39, 0.29) is 5.41 Å². The quantitative estimate of drug-likeness (QED) is 0.448. The second kappa shape index (κ2) is 7.04. The first kappa shape index (κ1) is 16.9. The molecule has 0 N–H and O–H groups in total. The second-order valence-electron chi connectivity index (χ2n) is 6.07. The summed E-state index contributed by atoms with van der Waals surface area (Å²) in [6, 6.07) is 8.12. The molecule has 2 nitrogen and oxygen atoms in total. The number of nitrogens with zero attached hydrogens (tertiary/aromatic N) is 1. The summed E-state index contributed by atoms with van der Waals surface area (Å²) in [4.78, 5) is 11.0. The standard InChI is InChI=1S/C19H23NO/c1-14(2)8-9-19(5,11-16(4)13-21)18-10-15(3)6-7-17(18)12-20/h6-8,10-11,13H,9H2,1-5H3/b16-11+. The topological polar surface area (TPSA) is 40.9 Å². The van der Waals surface area contributed by atoms with Crippen molar-refractivity contribution >= 4 is 6.29 Å². The summed E-state index contributed by atoms with van der Waals surface area (Å²) in [6.45, 7) is 10.0. The first-order chi connectivity index (χ1) is 9.82. The Hall–Kier alpha value is -2.14. The maximum absolute atomic E-state index is 11.0. The summed E-state index contributed by atoms with van der Waals surface area (Å²) in [7, 11) is 0. The van der Waals surface area contributed by atoms with Crippen LogP contribution in [-0.2, 0) is 10.2 Å². The van der Waals surface area contributed by atoms with E-state index in [0.29, 0.717) is 11.1 Å². The fourth-order valence-corrected chi connectivity index (χ4v) is 2.43. The number of rotatable bonds is 5. The van der Waals surface area contributed by atoms with Crippen molar-refractivity contribution in [1.29, 1.82) is 5.26 Å². The van der Waals surface area contributed by atoms with Crippen LogP contribution in [0.2, 0.25) is 0 Å². The minimum atomic E-state index is -0.362. The summed E-state index contributed by atoms with van der Waals surface area (Å²) < 4.78 is 0. The van der Waals surface area contributed by atoms with Crippen molar-refractivity contribution in [2.24, 2.45) is 0 Å². The zero-order chi connectivity index (χ0) is 16.0. The van der Waals surface area contributed by atoms with Gasteiger partial charge < -0.3 is 0 Å². The Labute approximate surface area is 127 Å². The van der Waals surface area contributed by atoms with Crippen molar-refractivity contribution in [3.05, 3.63) is 58.2 Å². The first-order valence-corrected chi connectivity index (χ1v) is 7.11. The molecule has 0 heterocycles. The van der Waals surface area contributed by atoms with E-state index in [2.05, 4.69) is 32.9 Å². The van der Waals surface area contributed by atoms with Gasteiger partial charge in [-0.15, -0.1) is 0 Å². The highest BCUT2D eigenvalue weighted by Crippen LogP contribution is 2.34. The molecule has 0 radical (unpaired) electrons. The van der Waals surface area contributed by atoms with Crippen molar-refractivity contribution in [3.8, 4) is 6.07 Å². The Kier molecular flexibility index (Phi) is 5.67. The summed E-state index contributed by atoms with van der Waals surface area (Å²) in [5.41, 5.74) is 4.31. The van der Waals surface area contributed by atoms with E-state index in [4.69, 9.17) is 0 Å². The van der Waals surface area contributed by atoms with Crippen LogP contribution in [0.25, 0.3) is 0 Å². The lowest BCUT2D eigenvalue weighted by molar-refractivity contribution is -0.104. The third-order valence-electron chi connectivity index (χ3n) is 3.58. The average Bonchev–Trinajstić information content (AvgIpc) is 2.45. The molecule has 0 saturated carbocycles. The van der Waals surface area contributed by atoms with Gasteiger partial charge in [0.15, 0.2) is 0 Å². The van der Waals surface area contributed by atoms with Gasteiger partial charge in [0.1, 0.15) is 6.29 Å². The van der Waals surface area contributed by atoms with Crippen LogP contribution in [0.4, 0.5) is 0 Å². The third-order valence-corrected chi connectivity index (χ3v) is 3.58.